The molecule has 0 fully saturated rings. The van der Waals surface area contributed by atoms with Gasteiger partial charge in [-0.2, -0.15) is 0 Å². The van der Waals surface area contributed by atoms with E-state index in [4.69, 9.17) is 14.2 Å². The van der Waals surface area contributed by atoms with Gasteiger partial charge in [0.1, 0.15) is 30.5 Å². The third-order valence-electron chi connectivity index (χ3n) is 5.23. The molecule has 6 nitrogen and oxygen atoms in total. The molecule has 0 N–H and O–H groups in total. The van der Waals surface area contributed by atoms with Crippen LogP contribution in [0.4, 0.5) is 0 Å². The summed E-state index contributed by atoms with van der Waals surface area (Å²) in [6.45, 7) is 0.617. The number of benzene rings is 2. The maximum absolute atomic E-state index is 13.7. The van der Waals surface area contributed by atoms with Crippen LogP contribution in [0.5, 0.6) is 17.2 Å². The molecule has 31 heavy (non-hydrogen) atoms. The van der Waals surface area contributed by atoms with E-state index >= 15 is 0 Å². The summed E-state index contributed by atoms with van der Waals surface area (Å²) in [6.07, 6.45) is 3.57. The molecule has 5 rings (SSSR count). The van der Waals surface area contributed by atoms with Crippen molar-refractivity contribution in [3.8, 4) is 22.9 Å². The topological polar surface area (TPSA) is 62.6 Å². The number of rotatable bonds is 5. The first-order valence-corrected chi connectivity index (χ1v) is 9.94. The Labute approximate surface area is 179 Å². The number of hydrogen-bond donors (Lipinski definition) is 0. The zero-order valence-electron chi connectivity index (χ0n) is 16.9. The third kappa shape index (κ3) is 3.42. The fourth-order valence-electron chi connectivity index (χ4n) is 3.73. The zero-order chi connectivity index (χ0) is 21.2. The fourth-order valence-corrected chi connectivity index (χ4v) is 3.73. The minimum absolute atomic E-state index is 0.184. The molecular weight excluding hydrogens is 392 g/mol. The molecular formula is C25H20N2O4. The predicted molar refractivity (Wildman–Crippen MR) is 119 cm³/mol. The van der Waals surface area contributed by atoms with E-state index < -0.39 is 0 Å². The van der Waals surface area contributed by atoms with Gasteiger partial charge in [-0.1, -0.05) is 18.2 Å². The molecule has 0 bridgehead atoms. The number of pyridine rings is 2. The largest absolute Gasteiger partial charge is 0.497 e. The van der Waals surface area contributed by atoms with Gasteiger partial charge in [0.25, 0.3) is 5.56 Å². The molecule has 0 aliphatic carbocycles. The Morgan fingerprint density at radius 3 is 2.55 bits per heavy atom. The average molecular weight is 412 g/mol. The van der Waals surface area contributed by atoms with Gasteiger partial charge in [-0.15, -0.1) is 0 Å². The highest BCUT2D eigenvalue weighted by atomic mass is 16.5. The Morgan fingerprint density at radius 2 is 1.77 bits per heavy atom. The number of hydrogen-bond acceptors (Lipinski definition) is 5. The van der Waals surface area contributed by atoms with Gasteiger partial charge in [-0.05, 0) is 54.6 Å². The lowest BCUT2D eigenvalue weighted by Gasteiger charge is -2.22. The maximum Gasteiger partial charge on any atom is 0.268 e. The van der Waals surface area contributed by atoms with E-state index in [9.17, 15) is 4.79 Å². The van der Waals surface area contributed by atoms with Gasteiger partial charge in [0.2, 0.25) is 0 Å². The van der Waals surface area contributed by atoms with E-state index in [2.05, 4.69) is 4.98 Å². The van der Waals surface area contributed by atoms with Crippen LogP contribution in [0.15, 0.2) is 83.8 Å². The second-order valence-corrected chi connectivity index (χ2v) is 7.06. The molecule has 0 spiro atoms. The van der Waals surface area contributed by atoms with Crippen molar-refractivity contribution < 1.29 is 14.2 Å². The molecule has 1 aliphatic heterocycles. The summed E-state index contributed by atoms with van der Waals surface area (Å²) in [6, 6.07) is 20.6. The van der Waals surface area contributed by atoms with Gasteiger partial charge in [0.05, 0.1) is 23.7 Å². The Kier molecular flexibility index (Phi) is 4.88. The van der Waals surface area contributed by atoms with Gasteiger partial charge in [0, 0.05) is 11.8 Å². The molecule has 6 heteroatoms. The number of para-hydroxylation sites is 1. The van der Waals surface area contributed by atoms with Crippen molar-refractivity contribution in [1.82, 2.24) is 9.55 Å². The number of fused-ring (bicyclic) bond motifs is 3. The van der Waals surface area contributed by atoms with E-state index in [1.54, 1.807) is 17.9 Å². The molecule has 0 saturated heterocycles. The summed E-state index contributed by atoms with van der Waals surface area (Å²) in [7, 11) is 1.62. The van der Waals surface area contributed by atoms with Crippen LogP contribution >= 0.6 is 0 Å². The Morgan fingerprint density at radius 1 is 1.00 bits per heavy atom. The van der Waals surface area contributed by atoms with E-state index in [0.717, 1.165) is 22.4 Å². The lowest BCUT2D eigenvalue weighted by molar-refractivity contribution is 0.344. The molecule has 0 atom stereocenters. The lowest BCUT2D eigenvalue weighted by atomic mass is 10.0. The average Bonchev–Trinajstić information content (AvgIpc) is 2.84. The quantitative estimate of drug-likeness (QED) is 0.490. The van der Waals surface area contributed by atoms with E-state index in [0.29, 0.717) is 29.3 Å². The lowest BCUT2D eigenvalue weighted by Crippen LogP contribution is -2.27. The molecule has 1 aliphatic rings. The van der Waals surface area contributed by atoms with E-state index in [1.165, 1.54) is 0 Å². The summed E-state index contributed by atoms with van der Waals surface area (Å²) in [4.78, 5) is 18.1. The summed E-state index contributed by atoms with van der Waals surface area (Å²) < 4.78 is 18.7. The minimum atomic E-state index is -0.184. The standard InChI is InChI=1S/C25H20N2O4/c1-29-19-9-11-20(12-10-19)31-16-17-13-15-30-23-21-8-5-14-26-24(21)27(25(28)22(17)23)18-6-3-2-4-7-18/h2-14H,15-16H2,1H3. The van der Waals surface area contributed by atoms with E-state index in [1.807, 2.05) is 72.8 Å². The molecule has 2 aromatic carbocycles. The molecule has 0 amide bonds. The molecule has 0 unspecified atom stereocenters. The van der Waals surface area contributed by atoms with Crippen LogP contribution in [0, 0.1) is 0 Å². The van der Waals surface area contributed by atoms with Crippen LogP contribution < -0.4 is 19.8 Å². The van der Waals surface area contributed by atoms with E-state index in [-0.39, 0.29) is 12.2 Å². The van der Waals surface area contributed by atoms with Gasteiger partial charge in [0.15, 0.2) is 5.65 Å². The highest BCUT2D eigenvalue weighted by Crippen LogP contribution is 2.34. The Balaban J connectivity index is 1.61. The number of nitrogens with zero attached hydrogens (tertiary/aromatic N) is 2. The second-order valence-electron chi connectivity index (χ2n) is 7.06. The van der Waals surface area contributed by atoms with Crippen molar-refractivity contribution in [1.29, 1.82) is 0 Å². The monoisotopic (exact) mass is 412 g/mol. The number of aromatic nitrogens is 2. The SMILES string of the molecule is COc1ccc(OCC2=CCOc3c2c(=O)n(-c2ccccc2)c2ncccc32)cc1. The second kappa shape index (κ2) is 7.99. The van der Waals surface area contributed by atoms with Crippen LogP contribution in [0.3, 0.4) is 0 Å². The molecule has 154 valence electrons. The smallest absolute Gasteiger partial charge is 0.268 e. The third-order valence-corrected chi connectivity index (χ3v) is 5.23. The van der Waals surface area contributed by atoms with Gasteiger partial charge in [-0.3, -0.25) is 9.36 Å². The van der Waals surface area contributed by atoms with Gasteiger partial charge < -0.3 is 14.2 Å². The summed E-state index contributed by atoms with van der Waals surface area (Å²) in [5.74, 6) is 2.00. The normalized spacial score (nSPS) is 12.6. The maximum atomic E-state index is 13.7. The zero-order valence-corrected chi connectivity index (χ0v) is 16.9. The number of ether oxygens (including phenoxy) is 3. The highest BCUT2D eigenvalue weighted by molar-refractivity contribution is 5.90. The van der Waals surface area contributed by atoms with Crippen molar-refractivity contribution in [3.63, 3.8) is 0 Å². The van der Waals surface area contributed by atoms with Crippen molar-refractivity contribution in [2.75, 3.05) is 20.3 Å². The van der Waals surface area contributed by atoms with Crippen LogP contribution in [-0.4, -0.2) is 29.9 Å². The van der Waals surface area contributed by atoms with Crippen LogP contribution in [0.25, 0.3) is 22.3 Å². The summed E-state index contributed by atoms with van der Waals surface area (Å²) in [5, 5.41) is 0.788. The summed E-state index contributed by atoms with van der Waals surface area (Å²) >= 11 is 0. The molecule has 4 aromatic rings. The first-order valence-electron chi connectivity index (χ1n) is 9.94. The van der Waals surface area contributed by atoms with Crippen molar-refractivity contribution in [2.24, 2.45) is 0 Å². The van der Waals surface area contributed by atoms with Gasteiger partial charge in [-0.25, -0.2) is 4.98 Å². The Bertz CT molecular complexity index is 1330. The molecule has 2 aromatic heterocycles. The van der Waals surface area contributed by atoms with Crippen LogP contribution in [0.2, 0.25) is 0 Å². The minimum Gasteiger partial charge on any atom is -0.497 e. The van der Waals surface area contributed by atoms with Crippen molar-refractivity contribution >= 4 is 16.6 Å². The molecule has 0 saturated carbocycles. The first kappa shape index (κ1) is 18.9. The Hall–Kier alpha value is -4.06. The van der Waals surface area contributed by atoms with Crippen LogP contribution in [-0.2, 0) is 0 Å². The van der Waals surface area contributed by atoms with Crippen molar-refractivity contribution in [2.45, 2.75) is 0 Å². The molecule has 3 heterocycles. The highest BCUT2D eigenvalue weighted by Gasteiger charge is 2.25. The summed E-state index contributed by atoms with van der Waals surface area (Å²) in [5.41, 5.74) is 2.42. The predicted octanol–water partition coefficient (Wildman–Crippen LogP) is 4.25. The van der Waals surface area contributed by atoms with Crippen molar-refractivity contribution in [3.05, 3.63) is 94.9 Å². The van der Waals surface area contributed by atoms with Gasteiger partial charge >= 0.3 is 0 Å². The number of methoxy groups -OCH3 is 1. The fraction of sp³-hybridized carbons (Fsp3) is 0.120. The molecule has 0 radical (unpaired) electrons. The first-order chi connectivity index (χ1) is 15.3. The van der Waals surface area contributed by atoms with Crippen LogP contribution in [0.1, 0.15) is 5.56 Å².